The average Bonchev–Trinajstić information content (AvgIpc) is 2.34. The molecule has 0 fully saturated rings. The number of halogens is 1. The van der Waals surface area contributed by atoms with Crippen molar-refractivity contribution in [2.75, 3.05) is 5.32 Å². The van der Waals surface area contributed by atoms with Gasteiger partial charge < -0.3 is 5.32 Å². The van der Waals surface area contributed by atoms with Crippen LogP contribution in [-0.4, -0.2) is 4.98 Å². The number of rotatable bonds is 3. The summed E-state index contributed by atoms with van der Waals surface area (Å²) in [5, 5.41) is 3.47. The fourth-order valence-electron chi connectivity index (χ4n) is 1.74. The zero-order chi connectivity index (χ0) is 12.3. The Morgan fingerprint density at radius 3 is 2.47 bits per heavy atom. The van der Waals surface area contributed by atoms with E-state index in [1.165, 1.54) is 5.56 Å². The van der Waals surface area contributed by atoms with Gasteiger partial charge in [-0.15, -0.1) is 0 Å². The highest BCUT2D eigenvalue weighted by Crippen LogP contribution is 2.22. The third-order valence-corrected chi connectivity index (χ3v) is 3.17. The highest BCUT2D eigenvalue weighted by Gasteiger charge is 2.06. The number of nitrogens with one attached hydrogen (secondary N) is 1. The van der Waals surface area contributed by atoms with E-state index in [1.54, 1.807) is 0 Å². The van der Waals surface area contributed by atoms with Gasteiger partial charge in [0.15, 0.2) is 0 Å². The minimum atomic E-state index is 0.276. The molecule has 3 heteroatoms. The molecular weight excluding hydrogens is 276 g/mol. The largest absolute Gasteiger partial charge is 0.377 e. The van der Waals surface area contributed by atoms with Crippen LogP contribution >= 0.6 is 15.9 Å². The zero-order valence-electron chi connectivity index (χ0n) is 9.94. The molecular formula is C14H15BrN2. The number of aromatic nitrogens is 1. The van der Waals surface area contributed by atoms with Gasteiger partial charge in [0.05, 0.1) is 11.4 Å². The van der Waals surface area contributed by atoms with Gasteiger partial charge in [0.1, 0.15) is 4.60 Å². The number of benzene rings is 1. The maximum Gasteiger partial charge on any atom is 0.106 e. The van der Waals surface area contributed by atoms with Gasteiger partial charge in [0.2, 0.25) is 0 Å². The summed E-state index contributed by atoms with van der Waals surface area (Å²) >= 11 is 3.37. The summed E-state index contributed by atoms with van der Waals surface area (Å²) < 4.78 is 0.868. The van der Waals surface area contributed by atoms with Gasteiger partial charge in [-0.2, -0.15) is 0 Å². The lowest BCUT2D eigenvalue weighted by Crippen LogP contribution is -2.08. The van der Waals surface area contributed by atoms with E-state index in [2.05, 4.69) is 57.4 Å². The Morgan fingerprint density at radius 1 is 1.12 bits per heavy atom. The predicted molar refractivity (Wildman–Crippen MR) is 75.2 cm³/mol. The monoisotopic (exact) mass is 290 g/mol. The van der Waals surface area contributed by atoms with Gasteiger partial charge in [0.25, 0.3) is 0 Å². The minimum Gasteiger partial charge on any atom is -0.377 e. The summed E-state index contributed by atoms with van der Waals surface area (Å²) in [6, 6.07) is 14.7. The van der Waals surface area contributed by atoms with Crippen LogP contribution in [0.1, 0.15) is 24.2 Å². The lowest BCUT2D eigenvalue weighted by atomic mass is 10.1. The molecule has 0 radical (unpaired) electrons. The summed E-state index contributed by atoms with van der Waals surface area (Å²) in [5.74, 6) is 0. The first-order valence-corrected chi connectivity index (χ1v) is 6.41. The molecule has 1 heterocycles. The van der Waals surface area contributed by atoms with Gasteiger partial charge in [-0.25, -0.2) is 4.98 Å². The van der Waals surface area contributed by atoms with Crippen LogP contribution in [0.15, 0.2) is 47.1 Å². The van der Waals surface area contributed by atoms with E-state index in [4.69, 9.17) is 0 Å². The van der Waals surface area contributed by atoms with Crippen LogP contribution in [0.2, 0.25) is 0 Å². The molecule has 0 spiro atoms. The fraction of sp³-hybridized carbons (Fsp3) is 0.214. The first-order valence-electron chi connectivity index (χ1n) is 5.61. The first-order chi connectivity index (χ1) is 8.16. The maximum atomic E-state index is 4.37. The second-order valence-corrected chi connectivity index (χ2v) is 4.86. The number of pyridine rings is 1. The van der Waals surface area contributed by atoms with E-state index in [1.807, 2.05) is 25.1 Å². The van der Waals surface area contributed by atoms with Crippen molar-refractivity contribution in [3.63, 3.8) is 0 Å². The van der Waals surface area contributed by atoms with Gasteiger partial charge >= 0.3 is 0 Å². The molecule has 88 valence electrons. The number of nitrogens with zero attached hydrogens (tertiary/aromatic N) is 1. The lowest BCUT2D eigenvalue weighted by molar-refractivity contribution is 0.878. The minimum absolute atomic E-state index is 0.276. The zero-order valence-corrected chi connectivity index (χ0v) is 11.5. The summed E-state index contributed by atoms with van der Waals surface area (Å²) in [7, 11) is 0. The van der Waals surface area contributed by atoms with E-state index in [0.29, 0.717) is 0 Å². The Bertz CT molecular complexity index is 497. The van der Waals surface area contributed by atoms with Gasteiger partial charge in [-0.3, -0.25) is 0 Å². The van der Waals surface area contributed by atoms with Crippen molar-refractivity contribution >= 4 is 21.6 Å². The lowest BCUT2D eigenvalue weighted by Gasteiger charge is -2.17. The topological polar surface area (TPSA) is 24.9 Å². The SMILES string of the molecule is Cc1nc(Br)ccc1NC(C)c1ccccc1. The molecule has 1 aromatic heterocycles. The van der Waals surface area contributed by atoms with Crippen molar-refractivity contribution in [2.45, 2.75) is 19.9 Å². The summed E-state index contributed by atoms with van der Waals surface area (Å²) in [5.41, 5.74) is 3.35. The van der Waals surface area contributed by atoms with E-state index < -0.39 is 0 Å². The van der Waals surface area contributed by atoms with Crippen LogP contribution in [0.25, 0.3) is 0 Å². The van der Waals surface area contributed by atoms with Crippen LogP contribution < -0.4 is 5.32 Å². The normalized spacial score (nSPS) is 12.2. The van der Waals surface area contributed by atoms with Crippen LogP contribution in [0.4, 0.5) is 5.69 Å². The Kier molecular flexibility index (Phi) is 3.79. The third kappa shape index (κ3) is 3.07. The molecule has 0 aliphatic heterocycles. The quantitative estimate of drug-likeness (QED) is 0.852. The molecule has 0 aliphatic rings. The highest BCUT2D eigenvalue weighted by atomic mass is 79.9. The molecule has 2 nitrogen and oxygen atoms in total. The maximum absolute atomic E-state index is 4.37. The van der Waals surface area contributed by atoms with E-state index in [-0.39, 0.29) is 6.04 Å². The van der Waals surface area contributed by atoms with E-state index >= 15 is 0 Å². The number of anilines is 1. The molecule has 1 N–H and O–H groups in total. The Balaban J connectivity index is 2.16. The van der Waals surface area contributed by atoms with Gasteiger partial charge in [0, 0.05) is 6.04 Å². The van der Waals surface area contributed by atoms with Crippen molar-refractivity contribution in [1.29, 1.82) is 0 Å². The Morgan fingerprint density at radius 2 is 1.82 bits per heavy atom. The van der Waals surface area contributed by atoms with Crippen molar-refractivity contribution in [1.82, 2.24) is 4.98 Å². The number of hydrogen-bond donors (Lipinski definition) is 1. The van der Waals surface area contributed by atoms with Crippen LogP contribution in [0.5, 0.6) is 0 Å². The van der Waals surface area contributed by atoms with Crippen molar-refractivity contribution < 1.29 is 0 Å². The van der Waals surface area contributed by atoms with E-state index in [0.717, 1.165) is 16.0 Å². The molecule has 0 aliphatic carbocycles. The van der Waals surface area contributed by atoms with Crippen molar-refractivity contribution in [3.8, 4) is 0 Å². The van der Waals surface area contributed by atoms with Gasteiger partial charge in [-0.1, -0.05) is 30.3 Å². The van der Waals surface area contributed by atoms with Crippen molar-refractivity contribution in [3.05, 3.63) is 58.3 Å². The van der Waals surface area contributed by atoms with Crippen LogP contribution in [0.3, 0.4) is 0 Å². The molecule has 1 atom stereocenters. The van der Waals surface area contributed by atoms with E-state index in [9.17, 15) is 0 Å². The highest BCUT2D eigenvalue weighted by molar-refractivity contribution is 9.10. The fourth-order valence-corrected chi connectivity index (χ4v) is 2.14. The molecule has 0 bridgehead atoms. The smallest absolute Gasteiger partial charge is 0.106 e. The summed E-state index contributed by atoms with van der Waals surface area (Å²) in [6.07, 6.45) is 0. The molecule has 0 saturated carbocycles. The first kappa shape index (κ1) is 12.1. The molecule has 0 amide bonds. The third-order valence-electron chi connectivity index (χ3n) is 2.72. The summed E-state index contributed by atoms with van der Waals surface area (Å²) in [6.45, 7) is 4.15. The standard InChI is InChI=1S/C14H15BrN2/c1-10(12-6-4-3-5-7-12)16-13-8-9-14(15)17-11(13)2/h3-10,16H,1-2H3. The molecule has 2 aromatic rings. The molecule has 17 heavy (non-hydrogen) atoms. The molecule has 2 rings (SSSR count). The predicted octanol–water partition coefficient (Wildman–Crippen LogP) is 4.33. The van der Waals surface area contributed by atoms with Crippen LogP contribution in [-0.2, 0) is 0 Å². The second kappa shape index (κ2) is 5.32. The number of hydrogen-bond acceptors (Lipinski definition) is 2. The molecule has 1 aromatic carbocycles. The number of aryl methyl sites for hydroxylation is 1. The Hall–Kier alpha value is -1.35. The average molecular weight is 291 g/mol. The summed E-state index contributed by atoms with van der Waals surface area (Å²) in [4.78, 5) is 4.37. The molecule has 1 unspecified atom stereocenters. The van der Waals surface area contributed by atoms with Gasteiger partial charge in [-0.05, 0) is 47.5 Å². The second-order valence-electron chi connectivity index (χ2n) is 4.04. The molecule has 0 saturated heterocycles. The Labute approximate surface area is 110 Å². The van der Waals surface area contributed by atoms with Crippen LogP contribution in [0, 0.1) is 6.92 Å². The van der Waals surface area contributed by atoms with Crippen molar-refractivity contribution in [2.24, 2.45) is 0 Å².